The standard InChI is InChI=1S/C20H20F5N3O3S/c1-11-17(19(29)26-13-7-8-14(21)15(22)10-13)28-9-5-3-4-6-16(28)18(11)32(30,31)27-12(2)20(23,24)25/h4,6-8,10,12,27H,3,5,9H2,1-2H3,(H,26,29). The number of anilines is 1. The quantitative estimate of drug-likeness (QED) is 0.628. The molecule has 32 heavy (non-hydrogen) atoms. The number of benzene rings is 1. The molecule has 1 aromatic heterocycles. The Bertz CT molecular complexity index is 1190. The molecule has 2 heterocycles. The molecule has 174 valence electrons. The molecular formula is C20H20F5N3O3S. The number of carbonyl (C=O) groups excluding carboxylic acids is 1. The van der Waals surface area contributed by atoms with Crippen LogP contribution in [-0.2, 0) is 16.6 Å². The van der Waals surface area contributed by atoms with E-state index in [2.05, 4.69) is 5.32 Å². The molecular weight excluding hydrogens is 457 g/mol. The topological polar surface area (TPSA) is 80.2 Å². The third-order valence-corrected chi connectivity index (χ3v) is 6.72. The maximum absolute atomic E-state index is 13.5. The van der Waals surface area contributed by atoms with Crippen LogP contribution in [0.4, 0.5) is 27.6 Å². The van der Waals surface area contributed by atoms with Gasteiger partial charge >= 0.3 is 6.18 Å². The van der Waals surface area contributed by atoms with Crippen LogP contribution >= 0.6 is 0 Å². The van der Waals surface area contributed by atoms with Crippen molar-refractivity contribution in [1.82, 2.24) is 9.29 Å². The summed E-state index contributed by atoms with van der Waals surface area (Å²) in [5.41, 5.74) is -0.164. The molecule has 1 aliphatic heterocycles. The number of sulfonamides is 1. The molecule has 0 saturated heterocycles. The molecule has 0 saturated carbocycles. The first kappa shape index (κ1) is 23.9. The minimum Gasteiger partial charge on any atom is -0.336 e. The second kappa shape index (κ2) is 8.66. The van der Waals surface area contributed by atoms with Crippen molar-refractivity contribution in [1.29, 1.82) is 0 Å². The number of allylic oxidation sites excluding steroid dienone is 1. The van der Waals surface area contributed by atoms with E-state index >= 15 is 0 Å². The van der Waals surface area contributed by atoms with Crippen molar-refractivity contribution in [3.63, 3.8) is 0 Å². The number of rotatable bonds is 5. The molecule has 1 aliphatic rings. The summed E-state index contributed by atoms with van der Waals surface area (Å²) in [5.74, 6) is -3.11. The molecule has 1 atom stereocenters. The monoisotopic (exact) mass is 477 g/mol. The van der Waals surface area contributed by atoms with Crippen molar-refractivity contribution in [2.24, 2.45) is 0 Å². The highest BCUT2D eigenvalue weighted by atomic mass is 32.2. The Kier molecular flexibility index (Phi) is 6.47. The van der Waals surface area contributed by atoms with Crippen molar-refractivity contribution in [2.75, 3.05) is 5.32 Å². The van der Waals surface area contributed by atoms with Gasteiger partial charge in [0.2, 0.25) is 10.0 Å². The second-order valence-electron chi connectivity index (χ2n) is 7.35. The van der Waals surface area contributed by atoms with Gasteiger partial charge in [-0.2, -0.15) is 17.9 Å². The first-order chi connectivity index (χ1) is 14.8. The van der Waals surface area contributed by atoms with Crippen LogP contribution in [0.5, 0.6) is 0 Å². The fourth-order valence-corrected chi connectivity index (χ4v) is 5.13. The number of amides is 1. The number of alkyl halides is 3. The third-order valence-electron chi connectivity index (χ3n) is 5.00. The summed E-state index contributed by atoms with van der Waals surface area (Å²) in [4.78, 5) is 12.5. The fourth-order valence-electron chi connectivity index (χ4n) is 3.46. The molecule has 2 N–H and O–H groups in total. The van der Waals surface area contributed by atoms with E-state index in [4.69, 9.17) is 0 Å². The molecule has 1 unspecified atom stereocenters. The van der Waals surface area contributed by atoms with Gasteiger partial charge < -0.3 is 9.88 Å². The number of hydrogen-bond donors (Lipinski definition) is 2. The zero-order valence-corrected chi connectivity index (χ0v) is 17.9. The predicted octanol–water partition coefficient (Wildman–Crippen LogP) is 4.36. The van der Waals surface area contributed by atoms with Gasteiger partial charge in [-0.3, -0.25) is 4.79 Å². The average molecular weight is 477 g/mol. The summed E-state index contributed by atoms with van der Waals surface area (Å²) in [5, 5.41) is 2.38. The lowest BCUT2D eigenvalue weighted by Crippen LogP contribution is -2.43. The van der Waals surface area contributed by atoms with Crippen molar-refractivity contribution in [3.8, 4) is 0 Å². The second-order valence-corrected chi connectivity index (χ2v) is 9.00. The predicted molar refractivity (Wildman–Crippen MR) is 108 cm³/mol. The van der Waals surface area contributed by atoms with E-state index in [1.807, 2.05) is 0 Å². The first-order valence-corrected chi connectivity index (χ1v) is 11.1. The Hall–Kier alpha value is -2.73. The Morgan fingerprint density at radius 3 is 2.50 bits per heavy atom. The van der Waals surface area contributed by atoms with E-state index in [1.165, 1.54) is 17.6 Å². The fraction of sp³-hybridized carbons (Fsp3) is 0.350. The zero-order chi connectivity index (χ0) is 23.8. The van der Waals surface area contributed by atoms with E-state index in [0.717, 1.165) is 18.2 Å². The molecule has 0 bridgehead atoms. The Morgan fingerprint density at radius 2 is 1.88 bits per heavy atom. The van der Waals surface area contributed by atoms with E-state index < -0.39 is 44.7 Å². The molecule has 12 heteroatoms. The summed E-state index contributed by atoms with van der Waals surface area (Å²) < 4.78 is 94.4. The number of halogens is 5. The number of carbonyl (C=O) groups is 1. The van der Waals surface area contributed by atoms with Crippen molar-refractivity contribution in [3.05, 3.63) is 52.9 Å². The largest absolute Gasteiger partial charge is 0.404 e. The zero-order valence-electron chi connectivity index (χ0n) is 17.1. The summed E-state index contributed by atoms with van der Waals surface area (Å²) in [6.07, 6.45) is -0.575. The Labute approximate surface area is 181 Å². The van der Waals surface area contributed by atoms with Crippen LogP contribution < -0.4 is 10.0 Å². The first-order valence-electron chi connectivity index (χ1n) is 9.58. The van der Waals surface area contributed by atoms with Crippen LogP contribution in [0.25, 0.3) is 6.08 Å². The van der Waals surface area contributed by atoms with Gasteiger partial charge in [0.1, 0.15) is 16.6 Å². The maximum Gasteiger partial charge on any atom is 0.404 e. The minimum absolute atomic E-state index is 0.0616. The number of hydrogen-bond acceptors (Lipinski definition) is 3. The normalized spacial score (nSPS) is 15.2. The summed E-state index contributed by atoms with van der Waals surface area (Å²) in [6.45, 7) is 2.21. The van der Waals surface area contributed by atoms with E-state index in [-0.39, 0.29) is 29.2 Å². The van der Waals surface area contributed by atoms with E-state index in [9.17, 15) is 35.2 Å². The summed E-state index contributed by atoms with van der Waals surface area (Å²) in [6, 6.07) is 0.357. The van der Waals surface area contributed by atoms with Gasteiger partial charge in [0.05, 0.1) is 5.69 Å². The third kappa shape index (κ3) is 4.70. The van der Waals surface area contributed by atoms with Crippen LogP contribution in [0.15, 0.2) is 29.2 Å². The number of nitrogens with zero attached hydrogens (tertiary/aromatic N) is 1. The molecule has 1 amide bonds. The van der Waals surface area contributed by atoms with Gasteiger partial charge in [-0.15, -0.1) is 0 Å². The van der Waals surface area contributed by atoms with Crippen LogP contribution in [0.2, 0.25) is 0 Å². The van der Waals surface area contributed by atoms with E-state index in [0.29, 0.717) is 19.8 Å². The highest BCUT2D eigenvalue weighted by Crippen LogP contribution is 2.32. The smallest absolute Gasteiger partial charge is 0.336 e. The van der Waals surface area contributed by atoms with Crippen molar-refractivity contribution >= 4 is 27.7 Å². The summed E-state index contributed by atoms with van der Waals surface area (Å²) in [7, 11) is -4.66. The van der Waals surface area contributed by atoms with Gasteiger partial charge in [0.25, 0.3) is 5.91 Å². The molecule has 0 fully saturated rings. The van der Waals surface area contributed by atoms with Gasteiger partial charge in [0.15, 0.2) is 11.6 Å². The van der Waals surface area contributed by atoms with Crippen molar-refractivity contribution < 1.29 is 35.2 Å². The number of nitrogens with one attached hydrogen (secondary N) is 2. The van der Waals surface area contributed by atoms with Gasteiger partial charge in [-0.1, -0.05) is 6.08 Å². The lowest BCUT2D eigenvalue weighted by molar-refractivity contribution is -0.147. The molecule has 6 nitrogen and oxygen atoms in total. The van der Waals surface area contributed by atoms with E-state index in [1.54, 1.807) is 10.8 Å². The lowest BCUT2D eigenvalue weighted by atomic mass is 10.2. The average Bonchev–Trinajstić information content (AvgIpc) is 2.80. The van der Waals surface area contributed by atoms with Crippen LogP contribution in [-0.4, -0.2) is 31.1 Å². The molecule has 0 spiro atoms. The number of fused-ring (bicyclic) bond motifs is 1. The van der Waals surface area contributed by atoms with Gasteiger partial charge in [0, 0.05) is 23.9 Å². The van der Waals surface area contributed by atoms with Gasteiger partial charge in [-0.25, -0.2) is 17.2 Å². The molecule has 0 aliphatic carbocycles. The van der Waals surface area contributed by atoms with Crippen LogP contribution in [0.1, 0.15) is 41.5 Å². The summed E-state index contributed by atoms with van der Waals surface area (Å²) >= 11 is 0. The molecule has 1 aromatic carbocycles. The molecule has 2 aromatic rings. The van der Waals surface area contributed by atoms with Gasteiger partial charge in [-0.05, 0) is 44.9 Å². The molecule has 0 radical (unpaired) electrons. The minimum atomic E-state index is -4.81. The highest BCUT2D eigenvalue weighted by Gasteiger charge is 2.41. The van der Waals surface area contributed by atoms with Crippen molar-refractivity contribution in [2.45, 2.75) is 50.3 Å². The maximum atomic E-state index is 13.5. The van der Waals surface area contributed by atoms with Crippen LogP contribution in [0, 0.1) is 18.6 Å². The SMILES string of the molecule is Cc1c(S(=O)(=O)NC(C)C(F)(F)F)c2n(c1C(=O)Nc1ccc(F)c(F)c1)CCCC=C2. The van der Waals surface area contributed by atoms with Crippen LogP contribution in [0.3, 0.4) is 0 Å². The Balaban J connectivity index is 2.09. The Morgan fingerprint density at radius 1 is 1.19 bits per heavy atom. The highest BCUT2D eigenvalue weighted by molar-refractivity contribution is 7.89. The molecule has 3 rings (SSSR count). The lowest BCUT2D eigenvalue weighted by Gasteiger charge is -2.17. The number of aromatic nitrogens is 1.